The van der Waals surface area contributed by atoms with Gasteiger partial charge < -0.3 is 19.5 Å². The van der Waals surface area contributed by atoms with E-state index in [0.717, 1.165) is 22.3 Å². The summed E-state index contributed by atoms with van der Waals surface area (Å²) in [5.74, 6) is 1.65. The van der Waals surface area contributed by atoms with Gasteiger partial charge in [0.15, 0.2) is 17.5 Å². The molecule has 0 saturated carbocycles. The van der Waals surface area contributed by atoms with E-state index in [1.54, 1.807) is 27.7 Å². The van der Waals surface area contributed by atoms with Crippen LogP contribution in [-0.4, -0.2) is 62.3 Å². The van der Waals surface area contributed by atoms with Crippen LogP contribution in [0.1, 0.15) is 54.0 Å². The molecule has 4 rings (SSSR count). The minimum absolute atomic E-state index is 0.248. The third-order valence-electron chi connectivity index (χ3n) is 8.23. The van der Waals surface area contributed by atoms with Crippen LogP contribution in [0, 0.1) is 0 Å². The Hall–Kier alpha value is -3.07. The first-order valence-corrected chi connectivity index (χ1v) is 14.9. The van der Waals surface area contributed by atoms with Crippen LogP contribution in [0.4, 0.5) is 0 Å². The fourth-order valence-electron chi connectivity index (χ4n) is 4.34. The molecule has 3 aromatic carbocycles. The predicted octanol–water partition coefficient (Wildman–Crippen LogP) is 5.80. The van der Waals surface area contributed by atoms with Crippen LogP contribution in [0.2, 0.25) is 5.02 Å². The van der Waals surface area contributed by atoms with Gasteiger partial charge in [0.2, 0.25) is 0 Å². The van der Waals surface area contributed by atoms with Gasteiger partial charge in [-0.25, -0.2) is 15.0 Å². The molecule has 43 heavy (non-hydrogen) atoms. The summed E-state index contributed by atoms with van der Waals surface area (Å²) in [6.07, 6.45) is 0.430. The zero-order valence-corrected chi connectivity index (χ0v) is 26.8. The minimum Gasteiger partial charge on any atom is -0.438 e. The van der Waals surface area contributed by atoms with Crippen LogP contribution in [0.15, 0.2) is 78.9 Å². The van der Waals surface area contributed by atoms with Gasteiger partial charge in [-0.15, -0.1) is 0 Å². The second-order valence-electron chi connectivity index (χ2n) is 12.6. The number of rotatable bonds is 12. The normalized spacial score (nSPS) is 13.8. The van der Waals surface area contributed by atoms with Crippen LogP contribution in [0.25, 0.3) is 34.2 Å². The largest absolute Gasteiger partial charge is 0.438 e. The second-order valence-corrected chi connectivity index (χ2v) is 13.0. The Morgan fingerprint density at radius 1 is 0.628 bits per heavy atom. The van der Waals surface area contributed by atoms with Gasteiger partial charge in [0.1, 0.15) is 0 Å². The summed E-state index contributed by atoms with van der Waals surface area (Å²) >= 11 is 6.14. The molecule has 0 bridgehead atoms. The summed E-state index contributed by atoms with van der Waals surface area (Å²) in [6, 6.07) is 25.2. The van der Waals surface area contributed by atoms with Crippen molar-refractivity contribution < 1.29 is 19.5 Å². The van der Waals surface area contributed by atoms with Gasteiger partial charge in [-0.1, -0.05) is 60.1 Å². The number of benzene rings is 3. The van der Waals surface area contributed by atoms with Crippen molar-refractivity contribution in [2.24, 2.45) is 0 Å². The molecule has 0 aliphatic rings. The number of aliphatic hydroxyl groups is 2. The van der Waals surface area contributed by atoms with Crippen molar-refractivity contribution in [3.05, 3.63) is 89.4 Å². The van der Waals surface area contributed by atoms with Crippen molar-refractivity contribution in [2.75, 3.05) is 0 Å². The third kappa shape index (κ3) is 8.11. The van der Waals surface area contributed by atoms with Gasteiger partial charge in [-0.2, -0.15) is 0 Å². The standard InChI is InChI=1S/C33H40B2ClN3O4/c1-30(2,40)32(5,6)42-34-35-43-33(7,31(3,4)41)21-22-12-11-15-25(20-22)29-38-27(23-13-9-8-10-14-23)37-28(39-29)24-16-18-26(36)19-17-24/h8-20,34-35,40-41H,21H2,1-7H3. The first-order chi connectivity index (χ1) is 20.1. The van der Waals surface area contributed by atoms with E-state index < -0.39 is 22.4 Å². The van der Waals surface area contributed by atoms with Gasteiger partial charge >= 0.3 is 0 Å². The van der Waals surface area contributed by atoms with E-state index in [4.69, 9.17) is 35.9 Å². The molecule has 1 aromatic heterocycles. The Kier molecular flexibility index (Phi) is 9.84. The minimum atomic E-state index is -1.16. The van der Waals surface area contributed by atoms with Crippen molar-refractivity contribution in [3.8, 4) is 34.2 Å². The quantitative estimate of drug-likeness (QED) is 0.157. The SMILES string of the molecule is CC(C)(O)C(C)(C)OBBOC(C)(Cc1cccc(-c2nc(-c3ccccc3)nc(-c3ccc(Cl)cc3)n2)c1)C(C)(C)O. The number of hydrogen-bond acceptors (Lipinski definition) is 7. The zero-order chi connectivity index (χ0) is 31.5. The smallest absolute Gasteiger partial charge is 0.272 e. The molecule has 0 aliphatic heterocycles. The van der Waals surface area contributed by atoms with E-state index in [2.05, 4.69) is 0 Å². The lowest BCUT2D eigenvalue weighted by atomic mass is 9.62. The van der Waals surface area contributed by atoms with E-state index in [9.17, 15) is 10.2 Å². The molecule has 2 N–H and O–H groups in total. The lowest BCUT2D eigenvalue weighted by Crippen LogP contribution is -2.53. The molecule has 1 unspecified atom stereocenters. The molecule has 0 spiro atoms. The maximum absolute atomic E-state index is 11.2. The summed E-state index contributed by atoms with van der Waals surface area (Å²) in [4.78, 5) is 14.4. The third-order valence-corrected chi connectivity index (χ3v) is 8.48. The Labute approximate surface area is 261 Å². The fraction of sp³-hybridized carbons (Fsp3) is 0.364. The topological polar surface area (TPSA) is 97.6 Å². The van der Waals surface area contributed by atoms with Crippen molar-refractivity contribution in [3.63, 3.8) is 0 Å². The lowest BCUT2D eigenvalue weighted by Gasteiger charge is -2.42. The van der Waals surface area contributed by atoms with E-state index in [-0.39, 0.29) is 14.7 Å². The molecule has 0 saturated heterocycles. The average molecular weight is 600 g/mol. The Balaban J connectivity index is 1.63. The molecule has 4 aromatic rings. The highest BCUT2D eigenvalue weighted by Crippen LogP contribution is 2.32. The lowest BCUT2D eigenvalue weighted by molar-refractivity contribution is -0.103. The van der Waals surface area contributed by atoms with Crippen molar-refractivity contribution in [1.82, 2.24) is 15.0 Å². The fourth-order valence-corrected chi connectivity index (χ4v) is 4.47. The molecule has 0 aliphatic carbocycles. The number of halogens is 1. The Morgan fingerprint density at radius 2 is 1.14 bits per heavy atom. The summed E-state index contributed by atoms with van der Waals surface area (Å²) in [6.45, 7) is 12.5. The molecule has 0 radical (unpaired) electrons. The van der Waals surface area contributed by atoms with Crippen molar-refractivity contribution >= 4 is 26.3 Å². The van der Waals surface area contributed by atoms with Crippen LogP contribution in [0.5, 0.6) is 0 Å². The summed E-state index contributed by atoms with van der Waals surface area (Å²) < 4.78 is 12.3. The first kappa shape index (κ1) is 32.8. The van der Waals surface area contributed by atoms with Crippen LogP contribution in [0.3, 0.4) is 0 Å². The summed E-state index contributed by atoms with van der Waals surface area (Å²) in [7, 11) is 0.515. The highest BCUT2D eigenvalue weighted by atomic mass is 35.5. The number of nitrogens with zero attached hydrogens (tertiary/aromatic N) is 3. The molecule has 1 heterocycles. The molecule has 10 heteroatoms. The predicted molar refractivity (Wildman–Crippen MR) is 176 cm³/mol. The number of aromatic nitrogens is 3. The Bertz CT molecular complexity index is 1520. The Morgan fingerprint density at radius 3 is 1.70 bits per heavy atom. The van der Waals surface area contributed by atoms with E-state index in [1.165, 1.54) is 0 Å². The molecular weight excluding hydrogens is 559 g/mol. The highest BCUT2D eigenvalue weighted by Gasteiger charge is 2.41. The summed E-state index contributed by atoms with van der Waals surface area (Å²) in [5, 5.41) is 22.2. The van der Waals surface area contributed by atoms with Gasteiger partial charge in [0.25, 0.3) is 14.7 Å². The van der Waals surface area contributed by atoms with E-state index in [1.807, 2.05) is 99.6 Å². The maximum atomic E-state index is 11.2. The zero-order valence-electron chi connectivity index (χ0n) is 26.1. The van der Waals surface area contributed by atoms with Crippen molar-refractivity contribution in [2.45, 2.75) is 77.3 Å². The molecule has 0 amide bonds. The molecule has 1 atom stereocenters. The van der Waals surface area contributed by atoms with Crippen LogP contribution < -0.4 is 0 Å². The van der Waals surface area contributed by atoms with Gasteiger partial charge in [0, 0.05) is 28.1 Å². The first-order valence-electron chi connectivity index (χ1n) is 14.5. The average Bonchev–Trinajstić information content (AvgIpc) is 2.95. The van der Waals surface area contributed by atoms with Gasteiger partial charge in [0.05, 0.1) is 22.4 Å². The number of hydrogen-bond donors (Lipinski definition) is 2. The van der Waals surface area contributed by atoms with Gasteiger partial charge in [-0.3, -0.25) is 0 Å². The highest BCUT2D eigenvalue weighted by molar-refractivity contribution is 6.93. The maximum Gasteiger partial charge on any atom is 0.272 e. The molecule has 0 fully saturated rings. The molecule has 7 nitrogen and oxygen atoms in total. The summed E-state index contributed by atoms with van der Waals surface area (Å²) in [5.41, 5.74) is -0.384. The van der Waals surface area contributed by atoms with Crippen LogP contribution >= 0.6 is 11.6 Å². The second kappa shape index (κ2) is 12.9. The molecular formula is C33H40B2ClN3O4. The van der Waals surface area contributed by atoms with E-state index in [0.29, 0.717) is 28.9 Å². The van der Waals surface area contributed by atoms with E-state index >= 15 is 0 Å². The van der Waals surface area contributed by atoms with Crippen molar-refractivity contribution in [1.29, 1.82) is 0 Å². The molecule has 224 valence electrons. The van der Waals surface area contributed by atoms with Gasteiger partial charge in [-0.05, 0) is 84.4 Å². The van der Waals surface area contributed by atoms with Crippen LogP contribution in [-0.2, 0) is 15.7 Å². The monoisotopic (exact) mass is 599 g/mol.